The van der Waals surface area contributed by atoms with E-state index in [0.717, 1.165) is 37.7 Å². The maximum atomic E-state index is 12.5. The highest BCUT2D eigenvalue weighted by Gasteiger charge is 2.26. The summed E-state index contributed by atoms with van der Waals surface area (Å²) in [6, 6.07) is 5.34. The van der Waals surface area contributed by atoms with Crippen molar-refractivity contribution in [2.75, 3.05) is 19.6 Å². The summed E-state index contributed by atoms with van der Waals surface area (Å²) in [5, 5.41) is 0. The SMILES string of the molecule is CCN1CCCC1CNS(=O)(=O)c1cccc2nsnc12. The number of hydrogen-bond donors (Lipinski definition) is 1. The summed E-state index contributed by atoms with van der Waals surface area (Å²) in [7, 11) is -3.55. The first kappa shape index (κ1) is 14.8. The van der Waals surface area contributed by atoms with Crippen LogP contribution in [-0.2, 0) is 10.0 Å². The zero-order chi connectivity index (χ0) is 14.9. The second-order valence-corrected chi connectivity index (χ2v) is 7.43. The smallest absolute Gasteiger partial charge is 0.242 e. The lowest BCUT2D eigenvalue weighted by molar-refractivity contribution is 0.268. The lowest BCUT2D eigenvalue weighted by atomic mass is 10.2. The topological polar surface area (TPSA) is 75.2 Å². The molecule has 3 rings (SSSR count). The maximum absolute atomic E-state index is 12.5. The largest absolute Gasteiger partial charge is 0.299 e. The Morgan fingerprint density at radius 1 is 1.43 bits per heavy atom. The average molecular weight is 326 g/mol. The van der Waals surface area contributed by atoms with Crippen LogP contribution in [0.1, 0.15) is 19.8 Å². The number of benzene rings is 1. The molecule has 8 heteroatoms. The molecule has 1 aromatic heterocycles. The highest BCUT2D eigenvalue weighted by Crippen LogP contribution is 2.22. The fourth-order valence-corrected chi connectivity index (χ4v) is 4.66. The molecule has 1 aliphatic rings. The molecule has 0 saturated carbocycles. The van der Waals surface area contributed by atoms with Gasteiger partial charge in [0.25, 0.3) is 0 Å². The van der Waals surface area contributed by atoms with Gasteiger partial charge in [-0.25, -0.2) is 13.1 Å². The van der Waals surface area contributed by atoms with Crippen LogP contribution in [0.2, 0.25) is 0 Å². The first-order valence-corrected chi connectivity index (χ1v) is 9.28. The number of hydrogen-bond acceptors (Lipinski definition) is 6. The summed E-state index contributed by atoms with van der Waals surface area (Å²) < 4.78 is 35.9. The Kier molecular flexibility index (Phi) is 4.21. The number of fused-ring (bicyclic) bond motifs is 1. The molecular formula is C13H18N4O2S2. The van der Waals surface area contributed by atoms with E-state index in [0.29, 0.717) is 17.6 Å². The second kappa shape index (κ2) is 5.96. The Hall–Kier alpha value is -1.09. The van der Waals surface area contributed by atoms with E-state index in [9.17, 15) is 8.42 Å². The fraction of sp³-hybridized carbons (Fsp3) is 0.538. The first-order chi connectivity index (χ1) is 10.1. The minimum Gasteiger partial charge on any atom is -0.299 e. The normalized spacial score (nSPS) is 20.3. The van der Waals surface area contributed by atoms with E-state index in [2.05, 4.69) is 25.3 Å². The third-order valence-corrected chi connectivity index (χ3v) is 5.95. The van der Waals surface area contributed by atoms with Crippen LogP contribution in [0.4, 0.5) is 0 Å². The van der Waals surface area contributed by atoms with Crippen LogP contribution in [0, 0.1) is 0 Å². The number of likely N-dealkylation sites (N-methyl/N-ethyl adjacent to an activating group) is 1. The van der Waals surface area contributed by atoms with Crippen molar-refractivity contribution in [3.05, 3.63) is 18.2 Å². The van der Waals surface area contributed by atoms with E-state index in [4.69, 9.17) is 0 Å². The first-order valence-electron chi connectivity index (χ1n) is 7.07. The summed E-state index contributed by atoms with van der Waals surface area (Å²) >= 11 is 1.03. The van der Waals surface area contributed by atoms with Crippen molar-refractivity contribution in [2.24, 2.45) is 0 Å². The van der Waals surface area contributed by atoms with Gasteiger partial charge in [0.15, 0.2) is 0 Å². The van der Waals surface area contributed by atoms with Crippen LogP contribution in [0.3, 0.4) is 0 Å². The Morgan fingerprint density at radius 2 is 2.29 bits per heavy atom. The molecule has 1 aliphatic heterocycles. The van der Waals surface area contributed by atoms with E-state index in [1.165, 1.54) is 0 Å². The van der Waals surface area contributed by atoms with Gasteiger partial charge in [0.1, 0.15) is 15.9 Å². The molecule has 2 heterocycles. The highest BCUT2D eigenvalue weighted by atomic mass is 32.2. The van der Waals surface area contributed by atoms with Gasteiger partial charge in [-0.15, -0.1) is 0 Å². The molecule has 6 nitrogen and oxygen atoms in total. The van der Waals surface area contributed by atoms with Gasteiger partial charge in [0, 0.05) is 12.6 Å². The van der Waals surface area contributed by atoms with Gasteiger partial charge in [0.05, 0.1) is 11.7 Å². The van der Waals surface area contributed by atoms with E-state index >= 15 is 0 Å². The molecule has 0 bridgehead atoms. The van der Waals surface area contributed by atoms with Gasteiger partial charge in [-0.3, -0.25) is 4.90 Å². The second-order valence-electron chi connectivity index (χ2n) is 5.16. The molecule has 1 atom stereocenters. The predicted octanol–water partition coefficient (Wildman–Crippen LogP) is 1.45. The van der Waals surface area contributed by atoms with Crippen molar-refractivity contribution in [3.63, 3.8) is 0 Å². The summed E-state index contributed by atoms with van der Waals surface area (Å²) in [6.45, 7) is 4.56. The minimum absolute atomic E-state index is 0.217. The average Bonchev–Trinajstić information content (AvgIpc) is 3.12. The van der Waals surface area contributed by atoms with Gasteiger partial charge in [-0.1, -0.05) is 13.0 Å². The number of nitrogens with one attached hydrogen (secondary N) is 1. The standard InChI is InChI=1S/C13H18N4O2S2/c1-2-17-8-4-5-10(17)9-14-21(18,19)12-7-3-6-11-13(12)16-20-15-11/h3,6-7,10,14H,2,4-5,8-9H2,1H3. The monoisotopic (exact) mass is 326 g/mol. The van der Waals surface area contributed by atoms with Crippen molar-refractivity contribution >= 4 is 32.8 Å². The summed E-state index contributed by atoms with van der Waals surface area (Å²) in [4.78, 5) is 2.53. The molecule has 114 valence electrons. The van der Waals surface area contributed by atoms with E-state index < -0.39 is 10.0 Å². The Morgan fingerprint density at radius 3 is 3.10 bits per heavy atom. The quantitative estimate of drug-likeness (QED) is 0.900. The Labute approximate surface area is 128 Å². The third-order valence-electron chi connectivity index (χ3n) is 3.95. The van der Waals surface area contributed by atoms with Crippen molar-refractivity contribution in [1.29, 1.82) is 0 Å². The lowest BCUT2D eigenvalue weighted by Gasteiger charge is -2.22. The number of likely N-dealkylation sites (tertiary alicyclic amines) is 1. The van der Waals surface area contributed by atoms with Crippen LogP contribution in [0.25, 0.3) is 11.0 Å². The van der Waals surface area contributed by atoms with Crippen molar-refractivity contribution in [2.45, 2.75) is 30.7 Å². The summed E-state index contributed by atoms with van der Waals surface area (Å²) in [6.07, 6.45) is 2.17. The van der Waals surface area contributed by atoms with Crippen molar-refractivity contribution < 1.29 is 8.42 Å². The van der Waals surface area contributed by atoms with Gasteiger partial charge >= 0.3 is 0 Å². The summed E-state index contributed by atoms with van der Waals surface area (Å²) in [5.41, 5.74) is 1.08. The lowest BCUT2D eigenvalue weighted by Crippen LogP contribution is -2.40. The zero-order valence-electron chi connectivity index (χ0n) is 11.8. The molecule has 1 saturated heterocycles. The van der Waals surface area contributed by atoms with E-state index in [-0.39, 0.29) is 10.9 Å². The van der Waals surface area contributed by atoms with Crippen LogP contribution in [-0.4, -0.2) is 47.7 Å². The fourth-order valence-electron chi connectivity index (χ4n) is 2.82. The molecular weight excluding hydrogens is 308 g/mol. The molecule has 0 radical (unpaired) electrons. The number of sulfonamides is 1. The molecule has 2 aromatic rings. The van der Waals surface area contributed by atoms with E-state index in [1.54, 1.807) is 18.2 Å². The van der Waals surface area contributed by atoms with Crippen LogP contribution >= 0.6 is 11.7 Å². The van der Waals surface area contributed by atoms with Gasteiger partial charge in [-0.05, 0) is 38.1 Å². The molecule has 0 aliphatic carbocycles. The van der Waals surface area contributed by atoms with Crippen LogP contribution in [0.15, 0.2) is 23.1 Å². The highest BCUT2D eigenvalue weighted by molar-refractivity contribution is 7.89. The van der Waals surface area contributed by atoms with E-state index in [1.807, 2.05) is 0 Å². The number of rotatable bonds is 5. The van der Waals surface area contributed by atoms with Crippen LogP contribution < -0.4 is 4.72 Å². The predicted molar refractivity (Wildman–Crippen MR) is 82.9 cm³/mol. The Bertz CT molecular complexity index is 729. The maximum Gasteiger partial charge on any atom is 0.242 e. The molecule has 1 aromatic carbocycles. The van der Waals surface area contributed by atoms with Crippen molar-refractivity contribution in [1.82, 2.24) is 18.4 Å². The molecule has 1 fully saturated rings. The molecule has 0 spiro atoms. The molecule has 1 unspecified atom stereocenters. The van der Waals surface area contributed by atoms with Gasteiger partial charge < -0.3 is 0 Å². The van der Waals surface area contributed by atoms with Crippen molar-refractivity contribution in [3.8, 4) is 0 Å². The molecule has 0 amide bonds. The van der Waals surface area contributed by atoms with Gasteiger partial charge in [0.2, 0.25) is 10.0 Å². The molecule has 21 heavy (non-hydrogen) atoms. The molecule has 1 N–H and O–H groups in total. The summed E-state index contributed by atoms with van der Waals surface area (Å²) in [5.74, 6) is 0. The zero-order valence-corrected chi connectivity index (χ0v) is 13.5. The minimum atomic E-state index is -3.55. The van der Waals surface area contributed by atoms with Gasteiger partial charge in [-0.2, -0.15) is 8.75 Å². The Balaban J connectivity index is 1.79. The third kappa shape index (κ3) is 2.94. The number of aromatic nitrogens is 2. The van der Waals surface area contributed by atoms with Crippen LogP contribution in [0.5, 0.6) is 0 Å². The number of nitrogens with zero attached hydrogens (tertiary/aromatic N) is 3.